The van der Waals surface area contributed by atoms with Crippen molar-refractivity contribution >= 4 is 5.90 Å². The van der Waals surface area contributed by atoms with E-state index in [1.807, 2.05) is 0 Å². The first kappa shape index (κ1) is 12.5. The van der Waals surface area contributed by atoms with E-state index in [2.05, 4.69) is 34.9 Å². The fourth-order valence-corrected chi connectivity index (χ4v) is 1.91. The summed E-state index contributed by atoms with van der Waals surface area (Å²) in [5.74, 6) is 1.13. The number of halogens is 1. The summed E-state index contributed by atoms with van der Waals surface area (Å²) in [6.45, 7) is 2.10. The Kier molecular flexibility index (Phi) is 5.08. The van der Waals surface area contributed by atoms with Crippen LogP contribution in [0.1, 0.15) is 18.4 Å². The van der Waals surface area contributed by atoms with Gasteiger partial charge in [0.2, 0.25) is 0 Å². The number of hydrogen-bond donors (Lipinski definition) is 0. The predicted octanol–water partition coefficient (Wildman–Crippen LogP) is -0.958. The van der Waals surface area contributed by atoms with Gasteiger partial charge in [-0.2, -0.15) is 4.58 Å². The third-order valence-corrected chi connectivity index (χ3v) is 2.62. The Hall–Kier alpha value is -0.580. The normalized spacial score (nSPS) is 15.0. The molecule has 1 aromatic carbocycles. The Morgan fingerprint density at radius 3 is 2.67 bits per heavy atom. The molecular weight excluding hydrogens is 301 g/mol. The summed E-state index contributed by atoms with van der Waals surface area (Å²) in [6, 6.07) is 10.5. The minimum Gasteiger partial charge on any atom is -1.00 e. The van der Waals surface area contributed by atoms with Crippen molar-refractivity contribution in [3.63, 3.8) is 0 Å². The smallest absolute Gasteiger partial charge is 0.336 e. The lowest BCUT2D eigenvalue weighted by molar-refractivity contribution is -0.543. The summed E-state index contributed by atoms with van der Waals surface area (Å²) >= 11 is 0. The molecule has 1 aromatic rings. The van der Waals surface area contributed by atoms with E-state index in [1.54, 1.807) is 7.11 Å². The van der Waals surface area contributed by atoms with Crippen LogP contribution in [-0.2, 0) is 11.3 Å². The van der Waals surface area contributed by atoms with Crippen molar-refractivity contribution in [2.45, 2.75) is 19.4 Å². The van der Waals surface area contributed by atoms with Crippen molar-refractivity contribution in [1.29, 1.82) is 0 Å². The van der Waals surface area contributed by atoms with Gasteiger partial charge in [0.05, 0.1) is 13.5 Å². The van der Waals surface area contributed by atoms with Gasteiger partial charge in [0.1, 0.15) is 6.54 Å². The van der Waals surface area contributed by atoms with Crippen LogP contribution < -0.4 is 24.0 Å². The van der Waals surface area contributed by atoms with E-state index in [0.29, 0.717) is 0 Å². The zero-order valence-electron chi connectivity index (χ0n) is 8.95. The van der Waals surface area contributed by atoms with Crippen molar-refractivity contribution in [2.24, 2.45) is 0 Å². The third-order valence-electron chi connectivity index (χ3n) is 2.62. The highest BCUT2D eigenvalue weighted by Crippen LogP contribution is 2.09. The number of benzene rings is 1. The Morgan fingerprint density at radius 1 is 1.27 bits per heavy atom. The van der Waals surface area contributed by atoms with Crippen LogP contribution in [0.4, 0.5) is 0 Å². The van der Waals surface area contributed by atoms with Crippen LogP contribution >= 0.6 is 0 Å². The van der Waals surface area contributed by atoms with Crippen LogP contribution in [0.15, 0.2) is 30.3 Å². The van der Waals surface area contributed by atoms with Crippen molar-refractivity contribution < 1.29 is 33.3 Å². The van der Waals surface area contributed by atoms with Crippen molar-refractivity contribution in [1.82, 2.24) is 0 Å². The Bertz CT molecular complexity index is 335. The Morgan fingerprint density at radius 2 is 2.00 bits per heavy atom. The molecule has 0 amide bonds. The van der Waals surface area contributed by atoms with E-state index in [-0.39, 0.29) is 24.0 Å². The second-order valence-electron chi connectivity index (χ2n) is 3.61. The lowest BCUT2D eigenvalue weighted by atomic mass is 10.2. The zero-order valence-corrected chi connectivity index (χ0v) is 11.1. The van der Waals surface area contributed by atoms with Gasteiger partial charge >= 0.3 is 5.90 Å². The average molecular weight is 317 g/mol. The van der Waals surface area contributed by atoms with Crippen molar-refractivity contribution in [3.8, 4) is 0 Å². The lowest BCUT2D eigenvalue weighted by Crippen LogP contribution is -3.00. The van der Waals surface area contributed by atoms with E-state index < -0.39 is 0 Å². The van der Waals surface area contributed by atoms with Crippen LogP contribution in [0.5, 0.6) is 0 Å². The maximum absolute atomic E-state index is 5.34. The minimum atomic E-state index is 0. The molecule has 0 aromatic heterocycles. The maximum atomic E-state index is 5.34. The highest BCUT2D eigenvalue weighted by atomic mass is 127. The topological polar surface area (TPSA) is 12.2 Å². The van der Waals surface area contributed by atoms with Gasteiger partial charge in [-0.05, 0) is 0 Å². The molecule has 0 N–H and O–H groups in total. The van der Waals surface area contributed by atoms with E-state index in [1.165, 1.54) is 12.0 Å². The molecule has 3 heteroatoms. The molecular formula is C12H16INO. The second-order valence-corrected chi connectivity index (χ2v) is 3.61. The minimum absolute atomic E-state index is 0. The molecule has 0 saturated carbocycles. The van der Waals surface area contributed by atoms with Gasteiger partial charge in [0.15, 0.2) is 6.54 Å². The molecule has 0 unspecified atom stereocenters. The average Bonchev–Trinajstić information content (AvgIpc) is 2.67. The van der Waals surface area contributed by atoms with Crippen molar-refractivity contribution in [3.05, 3.63) is 35.9 Å². The molecule has 0 bridgehead atoms. The molecule has 1 aliphatic rings. The number of rotatable bonds is 2. The van der Waals surface area contributed by atoms with Gasteiger partial charge in [-0.1, -0.05) is 30.3 Å². The van der Waals surface area contributed by atoms with E-state index in [4.69, 9.17) is 4.74 Å². The summed E-state index contributed by atoms with van der Waals surface area (Å²) in [5.41, 5.74) is 1.35. The van der Waals surface area contributed by atoms with Gasteiger partial charge in [-0.3, -0.25) is 0 Å². The summed E-state index contributed by atoms with van der Waals surface area (Å²) < 4.78 is 7.65. The van der Waals surface area contributed by atoms with Gasteiger partial charge in [-0.25, -0.2) is 0 Å². The maximum Gasteiger partial charge on any atom is 0.336 e. The SMILES string of the molecule is COC1=[N+](Cc2ccccc2)CCC1.[I-]. The first-order chi connectivity index (χ1) is 6.90. The molecule has 1 heterocycles. The summed E-state index contributed by atoms with van der Waals surface area (Å²) in [7, 11) is 1.76. The molecule has 0 spiro atoms. The highest BCUT2D eigenvalue weighted by Gasteiger charge is 2.22. The first-order valence-corrected chi connectivity index (χ1v) is 5.09. The molecule has 0 saturated heterocycles. The molecule has 15 heavy (non-hydrogen) atoms. The van der Waals surface area contributed by atoms with Crippen LogP contribution in [0.2, 0.25) is 0 Å². The third kappa shape index (κ3) is 3.19. The van der Waals surface area contributed by atoms with Gasteiger partial charge in [0, 0.05) is 12.0 Å². The molecule has 0 fully saturated rings. The van der Waals surface area contributed by atoms with E-state index in [0.717, 1.165) is 25.4 Å². The Labute approximate surface area is 108 Å². The molecule has 1 aliphatic heterocycles. The molecule has 2 nitrogen and oxygen atoms in total. The second kappa shape index (κ2) is 6.10. The van der Waals surface area contributed by atoms with Crippen LogP contribution in [0.25, 0.3) is 0 Å². The highest BCUT2D eigenvalue weighted by molar-refractivity contribution is 5.71. The molecule has 82 valence electrons. The fourth-order valence-electron chi connectivity index (χ4n) is 1.91. The molecule has 0 radical (unpaired) electrons. The van der Waals surface area contributed by atoms with Crippen LogP contribution in [-0.4, -0.2) is 24.1 Å². The standard InChI is InChI=1S/C12H16NO.HI/c1-14-12-8-5-9-13(12)10-11-6-3-2-4-7-11;/h2-4,6-7H,5,8-10H2,1H3;1H/q+1;/p-1. The van der Waals surface area contributed by atoms with Gasteiger partial charge < -0.3 is 28.7 Å². The number of nitrogens with zero attached hydrogens (tertiary/aromatic N) is 1. The molecule has 0 atom stereocenters. The largest absolute Gasteiger partial charge is 1.00 e. The lowest BCUT2D eigenvalue weighted by Gasteiger charge is -2.01. The number of hydrogen-bond acceptors (Lipinski definition) is 1. The quantitative estimate of drug-likeness (QED) is 0.506. The van der Waals surface area contributed by atoms with E-state index in [9.17, 15) is 0 Å². The van der Waals surface area contributed by atoms with Gasteiger partial charge in [-0.15, -0.1) is 0 Å². The summed E-state index contributed by atoms with van der Waals surface area (Å²) in [5, 5.41) is 0. The number of methoxy groups -OCH3 is 1. The number of ether oxygens (including phenoxy) is 1. The van der Waals surface area contributed by atoms with Crippen LogP contribution in [0.3, 0.4) is 0 Å². The molecule has 2 rings (SSSR count). The fraction of sp³-hybridized carbons (Fsp3) is 0.417. The predicted molar refractivity (Wildman–Crippen MR) is 56.5 cm³/mol. The monoisotopic (exact) mass is 317 g/mol. The van der Waals surface area contributed by atoms with E-state index >= 15 is 0 Å². The first-order valence-electron chi connectivity index (χ1n) is 5.09. The Balaban J connectivity index is 0.00000112. The van der Waals surface area contributed by atoms with Gasteiger partial charge in [0.25, 0.3) is 0 Å². The van der Waals surface area contributed by atoms with Crippen molar-refractivity contribution in [2.75, 3.05) is 13.7 Å². The van der Waals surface area contributed by atoms with Crippen LogP contribution in [0, 0.1) is 0 Å². The molecule has 0 aliphatic carbocycles. The summed E-state index contributed by atoms with van der Waals surface area (Å²) in [6.07, 6.45) is 2.30. The summed E-state index contributed by atoms with van der Waals surface area (Å²) in [4.78, 5) is 0. The zero-order chi connectivity index (χ0) is 9.80.